The lowest BCUT2D eigenvalue weighted by Gasteiger charge is -2.29. The molecule has 0 bridgehead atoms. The van der Waals surface area contributed by atoms with E-state index in [1.807, 2.05) is 36.4 Å². The Hall–Kier alpha value is -2.69. The average Bonchev–Trinajstić information content (AvgIpc) is 2.61. The summed E-state index contributed by atoms with van der Waals surface area (Å²) >= 11 is 0. The van der Waals surface area contributed by atoms with Crippen molar-refractivity contribution in [3.63, 3.8) is 0 Å². The van der Waals surface area contributed by atoms with Crippen molar-refractivity contribution in [3.8, 4) is 11.5 Å². The zero-order chi connectivity index (χ0) is 16.2. The highest BCUT2D eigenvalue weighted by atomic mass is 16.5. The standard InChI is InChI=1S/C18H21N3O2/c1-22-14-7-3-12(4-8-14)16-11-17(21-18(19)20-16)13-5-9-15(23-2)10-6-13/h3-10,16-17H,11H2,1-2H3,(H3,19,20,21). The van der Waals surface area contributed by atoms with Crippen LogP contribution < -0.4 is 20.5 Å². The summed E-state index contributed by atoms with van der Waals surface area (Å²) < 4.78 is 10.4. The van der Waals surface area contributed by atoms with Gasteiger partial charge in [0.15, 0.2) is 5.96 Å². The van der Waals surface area contributed by atoms with Gasteiger partial charge in [0.2, 0.25) is 0 Å². The quantitative estimate of drug-likeness (QED) is 0.911. The molecule has 0 aromatic heterocycles. The number of methoxy groups -OCH3 is 2. The van der Waals surface area contributed by atoms with Gasteiger partial charge in [0, 0.05) is 0 Å². The number of guanidine groups is 1. The largest absolute Gasteiger partial charge is 0.497 e. The highest BCUT2D eigenvalue weighted by Crippen LogP contribution is 2.33. The number of nitrogens with two attached hydrogens (primary N) is 1. The second-order valence-corrected chi connectivity index (χ2v) is 5.51. The van der Waals surface area contributed by atoms with Gasteiger partial charge in [0.05, 0.1) is 26.3 Å². The van der Waals surface area contributed by atoms with Crippen molar-refractivity contribution in [1.82, 2.24) is 5.32 Å². The van der Waals surface area contributed by atoms with Gasteiger partial charge in [0.1, 0.15) is 11.5 Å². The summed E-state index contributed by atoms with van der Waals surface area (Å²) in [6.45, 7) is 0. The van der Waals surface area contributed by atoms with Crippen LogP contribution in [0.1, 0.15) is 29.6 Å². The molecule has 3 N–H and O–H groups in total. The van der Waals surface area contributed by atoms with Crippen LogP contribution >= 0.6 is 0 Å². The first-order chi connectivity index (χ1) is 11.2. The van der Waals surface area contributed by atoms with E-state index in [0.29, 0.717) is 5.96 Å². The van der Waals surface area contributed by atoms with Crippen LogP contribution in [0.15, 0.2) is 53.5 Å². The van der Waals surface area contributed by atoms with Gasteiger partial charge in [-0.25, -0.2) is 4.99 Å². The van der Waals surface area contributed by atoms with Crippen LogP contribution in [0.4, 0.5) is 0 Å². The summed E-state index contributed by atoms with van der Waals surface area (Å²) in [6.07, 6.45) is 0.847. The lowest BCUT2D eigenvalue weighted by molar-refractivity contribution is 0.413. The molecule has 23 heavy (non-hydrogen) atoms. The fraction of sp³-hybridized carbons (Fsp3) is 0.278. The predicted molar refractivity (Wildman–Crippen MR) is 90.8 cm³/mol. The first-order valence-electron chi connectivity index (χ1n) is 7.57. The fourth-order valence-corrected chi connectivity index (χ4v) is 2.81. The summed E-state index contributed by atoms with van der Waals surface area (Å²) in [5, 5.41) is 3.25. The molecule has 0 saturated carbocycles. The molecule has 5 heteroatoms. The number of hydrogen-bond acceptors (Lipinski definition) is 5. The highest BCUT2D eigenvalue weighted by Gasteiger charge is 2.24. The minimum atomic E-state index is 0.0363. The number of nitrogens with zero attached hydrogens (tertiary/aromatic N) is 1. The second kappa shape index (κ2) is 6.60. The van der Waals surface area contributed by atoms with E-state index in [-0.39, 0.29) is 12.1 Å². The molecule has 2 atom stereocenters. The van der Waals surface area contributed by atoms with Gasteiger partial charge >= 0.3 is 0 Å². The van der Waals surface area contributed by atoms with E-state index in [1.54, 1.807) is 14.2 Å². The van der Waals surface area contributed by atoms with Crippen molar-refractivity contribution in [2.75, 3.05) is 14.2 Å². The molecule has 1 heterocycles. The molecule has 2 aromatic carbocycles. The van der Waals surface area contributed by atoms with E-state index in [9.17, 15) is 0 Å². The van der Waals surface area contributed by atoms with Crippen molar-refractivity contribution in [2.24, 2.45) is 10.7 Å². The molecule has 2 aromatic rings. The molecule has 3 rings (SSSR count). The van der Waals surface area contributed by atoms with Gasteiger partial charge in [-0.15, -0.1) is 0 Å². The summed E-state index contributed by atoms with van der Waals surface area (Å²) in [5.74, 6) is 2.15. The van der Waals surface area contributed by atoms with Gasteiger partial charge in [-0.3, -0.25) is 0 Å². The van der Waals surface area contributed by atoms with Crippen molar-refractivity contribution >= 4 is 5.96 Å². The van der Waals surface area contributed by atoms with E-state index in [2.05, 4.69) is 22.4 Å². The number of benzene rings is 2. The molecule has 1 aliphatic rings. The Labute approximate surface area is 136 Å². The van der Waals surface area contributed by atoms with E-state index in [1.165, 1.54) is 5.56 Å². The molecule has 0 amide bonds. The van der Waals surface area contributed by atoms with Crippen molar-refractivity contribution in [1.29, 1.82) is 0 Å². The topological polar surface area (TPSA) is 68.9 Å². The third kappa shape index (κ3) is 3.39. The van der Waals surface area contributed by atoms with E-state index >= 15 is 0 Å². The molecule has 5 nitrogen and oxygen atoms in total. The first kappa shape index (κ1) is 15.2. The van der Waals surface area contributed by atoms with Crippen LogP contribution in [0.3, 0.4) is 0 Å². The van der Waals surface area contributed by atoms with Crippen molar-refractivity contribution in [2.45, 2.75) is 18.5 Å². The maximum Gasteiger partial charge on any atom is 0.189 e. The highest BCUT2D eigenvalue weighted by molar-refractivity contribution is 5.79. The van der Waals surface area contributed by atoms with Crippen molar-refractivity contribution in [3.05, 3.63) is 59.7 Å². The minimum Gasteiger partial charge on any atom is -0.497 e. The maximum absolute atomic E-state index is 5.99. The van der Waals surface area contributed by atoms with Gasteiger partial charge in [0.25, 0.3) is 0 Å². The van der Waals surface area contributed by atoms with Crippen molar-refractivity contribution < 1.29 is 9.47 Å². The molecule has 120 valence electrons. The molecular weight excluding hydrogens is 290 g/mol. The second-order valence-electron chi connectivity index (χ2n) is 5.51. The van der Waals surface area contributed by atoms with E-state index in [4.69, 9.17) is 15.2 Å². The van der Waals surface area contributed by atoms with Gasteiger partial charge in [-0.05, 0) is 41.8 Å². The Morgan fingerprint density at radius 3 is 1.96 bits per heavy atom. The Morgan fingerprint density at radius 1 is 0.913 bits per heavy atom. The lowest BCUT2D eigenvalue weighted by atomic mass is 9.94. The molecular formula is C18H21N3O2. The molecule has 0 radical (unpaired) electrons. The third-order valence-electron chi connectivity index (χ3n) is 4.09. The number of nitrogens with one attached hydrogen (secondary N) is 1. The monoisotopic (exact) mass is 311 g/mol. The Kier molecular flexibility index (Phi) is 4.37. The predicted octanol–water partition coefficient (Wildman–Crippen LogP) is 2.79. The van der Waals surface area contributed by atoms with Gasteiger partial charge in [-0.2, -0.15) is 0 Å². The van der Waals surface area contributed by atoms with E-state index < -0.39 is 0 Å². The first-order valence-corrected chi connectivity index (χ1v) is 7.57. The average molecular weight is 311 g/mol. The summed E-state index contributed by atoms with van der Waals surface area (Å²) in [4.78, 5) is 4.54. The Balaban J connectivity index is 1.81. The SMILES string of the molecule is COc1ccc(C2CC(c3ccc(OC)cc3)NC(N)=N2)cc1. The lowest BCUT2D eigenvalue weighted by Crippen LogP contribution is -2.39. The number of ether oxygens (including phenoxy) is 2. The minimum absolute atomic E-state index is 0.0363. The normalized spacial score (nSPS) is 20.3. The molecule has 0 saturated heterocycles. The maximum atomic E-state index is 5.99. The molecule has 0 aliphatic carbocycles. The zero-order valence-corrected chi connectivity index (χ0v) is 13.3. The van der Waals surface area contributed by atoms with Crippen LogP contribution in [0.2, 0.25) is 0 Å². The smallest absolute Gasteiger partial charge is 0.189 e. The van der Waals surface area contributed by atoms with Gasteiger partial charge in [-0.1, -0.05) is 24.3 Å². The van der Waals surface area contributed by atoms with Crippen LogP contribution in [0, 0.1) is 0 Å². The third-order valence-corrected chi connectivity index (χ3v) is 4.09. The summed E-state index contributed by atoms with van der Waals surface area (Å²) in [6, 6.07) is 16.2. The van der Waals surface area contributed by atoms with Crippen LogP contribution in [0.25, 0.3) is 0 Å². The number of rotatable bonds is 4. The molecule has 0 spiro atoms. The Bertz CT molecular complexity index is 680. The fourth-order valence-electron chi connectivity index (χ4n) is 2.81. The van der Waals surface area contributed by atoms with Crippen LogP contribution in [0.5, 0.6) is 11.5 Å². The van der Waals surface area contributed by atoms with Crippen LogP contribution in [-0.2, 0) is 0 Å². The van der Waals surface area contributed by atoms with E-state index in [0.717, 1.165) is 23.5 Å². The van der Waals surface area contributed by atoms with Crippen LogP contribution in [-0.4, -0.2) is 20.2 Å². The Morgan fingerprint density at radius 2 is 1.43 bits per heavy atom. The summed E-state index contributed by atoms with van der Waals surface area (Å²) in [5.41, 5.74) is 8.29. The molecule has 2 unspecified atom stereocenters. The molecule has 0 fully saturated rings. The number of hydrogen-bond donors (Lipinski definition) is 2. The van der Waals surface area contributed by atoms with Gasteiger partial charge < -0.3 is 20.5 Å². The zero-order valence-electron chi connectivity index (χ0n) is 13.3. The molecule has 1 aliphatic heterocycles. The number of aliphatic imine (C=N–C) groups is 1. The summed E-state index contributed by atoms with van der Waals surface area (Å²) in [7, 11) is 3.33.